The topological polar surface area (TPSA) is 95.6 Å². The fraction of sp³-hybridized carbons (Fsp3) is 0.192. The third kappa shape index (κ3) is 5.01. The molecule has 0 unspecified atom stereocenters. The molecule has 0 bridgehead atoms. The molecule has 174 valence electrons. The van der Waals surface area contributed by atoms with Crippen LogP contribution in [0.25, 0.3) is 5.69 Å². The van der Waals surface area contributed by atoms with Crippen molar-refractivity contribution in [2.75, 3.05) is 11.9 Å². The molecule has 0 spiro atoms. The van der Waals surface area contributed by atoms with E-state index in [2.05, 4.69) is 10.4 Å². The van der Waals surface area contributed by atoms with Crippen molar-refractivity contribution in [3.05, 3.63) is 95.1 Å². The van der Waals surface area contributed by atoms with Gasteiger partial charge in [-0.3, -0.25) is 4.79 Å². The molecule has 0 saturated carbocycles. The van der Waals surface area contributed by atoms with Crippen molar-refractivity contribution in [1.82, 2.24) is 9.78 Å². The fourth-order valence-corrected chi connectivity index (χ4v) is 3.35. The number of benzene rings is 2. The lowest BCUT2D eigenvalue weighted by molar-refractivity contribution is 0.0527. The molecule has 4 aromatic rings. The monoisotopic (exact) mass is 459 g/mol. The summed E-state index contributed by atoms with van der Waals surface area (Å²) in [5, 5.41) is 7.01. The molecule has 4 rings (SSSR count). The van der Waals surface area contributed by atoms with E-state index in [-0.39, 0.29) is 30.4 Å². The number of aromatic nitrogens is 2. The van der Waals surface area contributed by atoms with Crippen molar-refractivity contribution in [1.29, 1.82) is 0 Å². The van der Waals surface area contributed by atoms with E-state index in [1.807, 2.05) is 62.4 Å². The summed E-state index contributed by atoms with van der Waals surface area (Å²) in [7, 11) is 0. The number of aryl methyl sites for hydroxylation is 2. The number of hydrogen-bond acceptors (Lipinski definition) is 6. The molecule has 0 aliphatic carbocycles. The van der Waals surface area contributed by atoms with E-state index < -0.39 is 11.9 Å². The first-order valence-electron chi connectivity index (χ1n) is 10.9. The van der Waals surface area contributed by atoms with Gasteiger partial charge in [-0.1, -0.05) is 30.3 Å². The van der Waals surface area contributed by atoms with Crippen LogP contribution in [-0.2, 0) is 11.3 Å². The molecule has 0 radical (unpaired) electrons. The Kier molecular flexibility index (Phi) is 6.77. The Labute approximate surface area is 197 Å². The van der Waals surface area contributed by atoms with E-state index in [0.29, 0.717) is 11.4 Å². The first-order valence-corrected chi connectivity index (χ1v) is 10.9. The van der Waals surface area contributed by atoms with Crippen molar-refractivity contribution in [3.63, 3.8) is 0 Å². The zero-order valence-corrected chi connectivity index (χ0v) is 19.2. The second kappa shape index (κ2) is 10.1. The molecule has 0 fully saturated rings. The summed E-state index contributed by atoms with van der Waals surface area (Å²) in [5.41, 5.74) is 2.92. The second-order valence-electron chi connectivity index (χ2n) is 7.65. The molecular formula is C26H25N3O5. The predicted molar refractivity (Wildman–Crippen MR) is 126 cm³/mol. The number of furan rings is 1. The van der Waals surface area contributed by atoms with Crippen LogP contribution in [0.3, 0.4) is 0 Å². The number of amides is 1. The van der Waals surface area contributed by atoms with Crippen LogP contribution in [0.4, 0.5) is 5.82 Å². The Morgan fingerprint density at radius 1 is 1.06 bits per heavy atom. The lowest BCUT2D eigenvalue weighted by atomic mass is 10.1. The summed E-state index contributed by atoms with van der Waals surface area (Å²) in [6.07, 6.45) is 1.37. The van der Waals surface area contributed by atoms with E-state index in [9.17, 15) is 9.59 Å². The maximum absolute atomic E-state index is 13.0. The van der Waals surface area contributed by atoms with Gasteiger partial charge in [0, 0.05) is 0 Å². The van der Waals surface area contributed by atoms with Crippen LogP contribution in [-0.4, -0.2) is 28.3 Å². The standard InChI is InChI=1S/C26H25N3O5/c1-4-32-26(31)21-15-27-29(19-8-6-5-7-9-19)24(21)28-25(30)22-13-12-20(34-22)16-33-23-14-17(2)10-11-18(23)3/h5-15H,4,16H2,1-3H3,(H,28,30). The Balaban J connectivity index is 1.53. The van der Waals surface area contributed by atoms with Crippen LogP contribution in [0.15, 0.2) is 71.3 Å². The second-order valence-corrected chi connectivity index (χ2v) is 7.65. The molecule has 2 heterocycles. The van der Waals surface area contributed by atoms with Gasteiger partial charge >= 0.3 is 5.97 Å². The van der Waals surface area contributed by atoms with Crippen LogP contribution in [0, 0.1) is 13.8 Å². The van der Waals surface area contributed by atoms with Crippen molar-refractivity contribution in [2.45, 2.75) is 27.4 Å². The smallest absolute Gasteiger partial charge is 0.343 e. The van der Waals surface area contributed by atoms with Crippen molar-refractivity contribution in [3.8, 4) is 11.4 Å². The number of esters is 1. The van der Waals surface area contributed by atoms with Crippen molar-refractivity contribution in [2.24, 2.45) is 0 Å². The van der Waals surface area contributed by atoms with Crippen LogP contribution < -0.4 is 10.1 Å². The highest BCUT2D eigenvalue weighted by molar-refractivity contribution is 6.06. The minimum atomic E-state index is -0.581. The first kappa shape index (κ1) is 22.8. The maximum atomic E-state index is 13.0. The Morgan fingerprint density at radius 3 is 2.62 bits per heavy atom. The summed E-state index contributed by atoms with van der Waals surface area (Å²) >= 11 is 0. The highest BCUT2D eigenvalue weighted by Gasteiger charge is 2.23. The molecule has 2 aromatic heterocycles. The number of nitrogens with one attached hydrogen (secondary N) is 1. The van der Waals surface area contributed by atoms with Gasteiger partial charge in [0.05, 0.1) is 18.5 Å². The van der Waals surface area contributed by atoms with Gasteiger partial charge < -0.3 is 19.2 Å². The van der Waals surface area contributed by atoms with Crippen molar-refractivity contribution >= 4 is 17.7 Å². The summed E-state index contributed by atoms with van der Waals surface area (Å²) in [6.45, 7) is 6.04. The van der Waals surface area contributed by atoms with E-state index >= 15 is 0 Å². The summed E-state index contributed by atoms with van der Waals surface area (Å²) in [6, 6.07) is 18.4. The third-order valence-corrected chi connectivity index (χ3v) is 5.10. The van der Waals surface area contributed by atoms with Gasteiger partial charge in [0.2, 0.25) is 0 Å². The van der Waals surface area contributed by atoms with Gasteiger partial charge in [0.15, 0.2) is 11.6 Å². The average Bonchev–Trinajstić information content (AvgIpc) is 3.48. The number of ether oxygens (including phenoxy) is 2. The molecular weight excluding hydrogens is 434 g/mol. The molecule has 1 amide bonds. The molecule has 0 atom stereocenters. The van der Waals surface area contributed by atoms with Crippen molar-refractivity contribution < 1.29 is 23.5 Å². The number of hydrogen-bond donors (Lipinski definition) is 1. The Hall–Kier alpha value is -4.33. The van der Waals surface area contributed by atoms with Gasteiger partial charge in [-0.05, 0) is 62.2 Å². The summed E-state index contributed by atoms with van der Waals surface area (Å²) in [5.74, 6) is 0.416. The fourth-order valence-electron chi connectivity index (χ4n) is 3.35. The van der Waals surface area contributed by atoms with E-state index in [1.54, 1.807) is 19.1 Å². The SMILES string of the molecule is CCOC(=O)c1cnn(-c2ccccc2)c1NC(=O)c1ccc(COc2cc(C)ccc2C)o1. The Bertz CT molecular complexity index is 1310. The number of carbonyl (C=O) groups excluding carboxylic acids is 2. The lowest BCUT2D eigenvalue weighted by Crippen LogP contribution is -2.17. The minimum Gasteiger partial charge on any atom is -0.485 e. The van der Waals surface area contributed by atoms with Gasteiger partial charge in [-0.15, -0.1) is 0 Å². The largest absolute Gasteiger partial charge is 0.485 e. The normalized spacial score (nSPS) is 10.7. The van der Waals surface area contributed by atoms with E-state index in [4.69, 9.17) is 13.9 Å². The molecule has 1 N–H and O–H groups in total. The predicted octanol–water partition coefficient (Wildman–Crippen LogP) is 5.09. The van der Waals surface area contributed by atoms with Crippen LogP contribution in [0.1, 0.15) is 44.7 Å². The highest BCUT2D eigenvalue weighted by atomic mass is 16.5. The van der Waals surface area contributed by atoms with Crippen LogP contribution in [0.5, 0.6) is 5.75 Å². The molecule has 0 saturated heterocycles. The molecule has 0 aliphatic heterocycles. The Morgan fingerprint density at radius 2 is 1.85 bits per heavy atom. The van der Waals surface area contributed by atoms with Gasteiger partial charge in [0.25, 0.3) is 5.91 Å². The van der Waals surface area contributed by atoms with Crippen LogP contribution in [0.2, 0.25) is 0 Å². The van der Waals surface area contributed by atoms with Gasteiger partial charge in [0.1, 0.15) is 23.7 Å². The zero-order chi connectivity index (χ0) is 24.1. The zero-order valence-electron chi connectivity index (χ0n) is 19.2. The van der Waals surface area contributed by atoms with E-state index in [1.165, 1.54) is 10.9 Å². The number of nitrogens with zero attached hydrogens (tertiary/aromatic N) is 2. The van der Waals surface area contributed by atoms with Crippen LogP contribution >= 0.6 is 0 Å². The molecule has 8 nitrogen and oxygen atoms in total. The highest BCUT2D eigenvalue weighted by Crippen LogP contribution is 2.24. The molecule has 34 heavy (non-hydrogen) atoms. The quantitative estimate of drug-likeness (QED) is 0.369. The number of rotatable bonds is 8. The first-order chi connectivity index (χ1) is 16.5. The summed E-state index contributed by atoms with van der Waals surface area (Å²) in [4.78, 5) is 25.4. The number of para-hydroxylation sites is 1. The number of carbonyl (C=O) groups is 2. The van der Waals surface area contributed by atoms with E-state index in [0.717, 1.165) is 16.9 Å². The molecule has 0 aliphatic rings. The van der Waals surface area contributed by atoms with Gasteiger partial charge in [-0.2, -0.15) is 5.10 Å². The number of anilines is 1. The third-order valence-electron chi connectivity index (χ3n) is 5.10. The average molecular weight is 460 g/mol. The maximum Gasteiger partial charge on any atom is 0.343 e. The molecule has 8 heteroatoms. The minimum absolute atomic E-state index is 0.0789. The summed E-state index contributed by atoms with van der Waals surface area (Å²) < 4.78 is 18.1. The lowest BCUT2D eigenvalue weighted by Gasteiger charge is -2.10. The molecule has 2 aromatic carbocycles. The van der Waals surface area contributed by atoms with Gasteiger partial charge in [-0.25, -0.2) is 9.48 Å².